The number of aryl methyl sites for hydroxylation is 1. The number of nitrogens with one attached hydrogen (secondary N) is 1. The van der Waals surface area contributed by atoms with E-state index in [-0.39, 0.29) is 0 Å². The lowest BCUT2D eigenvalue weighted by molar-refractivity contribution is 0.463. The fourth-order valence-electron chi connectivity index (χ4n) is 1.75. The third-order valence-corrected chi connectivity index (χ3v) is 3.58. The molecule has 1 aromatic carbocycles. The van der Waals surface area contributed by atoms with Crippen molar-refractivity contribution in [1.29, 1.82) is 0 Å². The Kier molecular flexibility index (Phi) is 4.41. The summed E-state index contributed by atoms with van der Waals surface area (Å²) in [5.41, 5.74) is 4.81. The van der Waals surface area contributed by atoms with E-state index in [0.717, 1.165) is 16.4 Å². The van der Waals surface area contributed by atoms with E-state index in [1.54, 1.807) is 12.4 Å². The normalized spacial score (nSPS) is 10.8. The van der Waals surface area contributed by atoms with E-state index in [0.29, 0.717) is 11.6 Å². The zero-order valence-corrected chi connectivity index (χ0v) is 12.7. The van der Waals surface area contributed by atoms with E-state index in [9.17, 15) is 0 Å². The van der Waals surface area contributed by atoms with Gasteiger partial charge in [-0.25, -0.2) is 9.97 Å². The van der Waals surface area contributed by atoms with Crippen molar-refractivity contribution in [3.05, 3.63) is 65.3 Å². The van der Waals surface area contributed by atoms with E-state index in [1.807, 2.05) is 54.8 Å². The molecule has 2 aromatic heterocycles. The summed E-state index contributed by atoms with van der Waals surface area (Å²) in [5.74, 6) is 1.28. The average molecular weight is 310 g/mol. The Hall–Kier alpha value is -2.73. The van der Waals surface area contributed by atoms with Gasteiger partial charge in [-0.15, -0.1) is 11.3 Å². The van der Waals surface area contributed by atoms with Gasteiger partial charge in [-0.3, -0.25) is 5.43 Å². The Bertz CT molecular complexity index is 771. The molecule has 0 aliphatic rings. The summed E-state index contributed by atoms with van der Waals surface area (Å²) in [5, 5.41) is 6.92. The second-order valence-corrected chi connectivity index (χ2v) is 5.36. The van der Waals surface area contributed by atoms with Crippen LogP contribution in [0, 0.1) is 6.92 Å². The lowest BCUT2D eigenvalue weighted by Crippen LogP contribution is -1.91. The van der Waals surface area contributed by atoms with E-state index in [1.165, 1.54) is 11.3 Å². The molecule has 0 aliphatic heterocycles. The number of nitrogens with zero attached hydrogens (tertiary/aromatic N) is 3. The van der Waals surface area contributed by atoms with Gasteiger partial charge in [0.05, 0.1) is 11.9 Å². The van der Waals surface area contributed by atoms with Gasteiger partial charge in [-0.1, -0.05) is 18.2 Å². The van der Waals surface area contributed by atoms with Crippen molar-refractivity contribution in [3.8, 4) is 11.6 Å². The second kappa shape index (κ2) is 6.82. The summed E-state index contributed by atoms with van der Waals surface area (Å²) in [6.45, 7) is 1.95. The van der Waals surface area contributed by atoms with Crippen LogP contribution in [0.2, 0.25) is 0 Å². The van der Waals surface area contributed by atoms with E-state index >= 15 is 0 Å². The number of hydrogen-bond acceptors (Lipinski definition) is 6. The van der Waals surface area contributed by atoms with Crippen molar-refractivity contribution < 1.29 is 4.74 Å². The van der Waals surface area contributed by atoms with E-state index in [2.05, 4.69) is 20.5 Å². The Balaban J connectivity index is 1.66. The fourth-order valence-corrected chi connectivity index (χ4v) is 2.39. The zero-order chi connectivity index (χ0) is 15.2. The molecule has 0 saturated carbocycles. The van der Waals surface area contributed by atoms with Crippen LogP contribution in [-0.2, 0) is 0 Å². The molecule has 22 heavy (non-hydrogen) atoms. The Morgan fingerprint density at radius 2 is 2.18 bits per heavy atom. The van der Waals surface area contributed by atoms with Gasteiger partial charge in [0, 0.05) is 17.6 Å². The van der Waals surface area contributed by atoms with Gasteiger partial charge < -0.3 is 4.74 Å². The van der Waals surface area contributed by atoms with E-state index in [4.69, 9.17) is 4.74 Å². The van der Waals surface area contributed by atoms with Crippen LogP contribution in [0.5, 0.6) is 11.6 Å². The molecule has 0 aliphatic carbocycles. The first kappa shape index (κ1) is 14.2. The van der Waals surface area contributed by atoms with E-state index < -0.39 is 0 Å². The van der Waals surface area contributed by atoms with Crippen molar-refractivity contribution in [2.45, 2.75) is 6.92 Å². The maximum absolute atomic E-state index is 5.68. The standard InChI is InChI=1S/C16H14N4OS/c1-12-11-22-16(19-12)20-18-10-13-5-4-6-14(9-13)21-15-7-2-3-8-17-15/h2-11H,1H3,(H,19,20). The summed E-state index contributed by atoms with van der Waals surface area (Å²) in [6, 6.07) is 13.2. The molecule has 3 rings (SSSR count). The number of anilines is 1. The minimum absolute atomic E-state index is 0.563. The minimum Gasteiger partial charge on any atom is -0.439 e. The number of hydrogen-bond donors (Lipinski definition) is 1. The molecule has 0 radical (unpaired) electrons. The molecule has 0 atom stereocenters. The highest BCUT2D eigenvalue weighted by Gasteiger charge is 1.99. The van der Waals surface area contributed by atoms with Crippen LogP contribution in [0.4, 0.5) is 5.13 Å². The Morgan fingerprint density at radius 1 is 1.23 bits per heavy atom. The largest absolute Gasteiger partial charge is 0.439 e. The molecule has 0 amide bonds. The van der Waals surface area contributed by atoms with Crippen LogP contribution in [-0.4, -0.2) is 16.2 Å². The quantitative estimate of drug-likeness (QED) is 0.569. The van der Waals surface area contributed by atoms with Crippen LogP contribution in [0.15, 0.2) is 59.1 Å². The topological polar surface area (TPSA) is 59.4 Å². The SMILES string of the molecule is Cc1csc(NN=Cc2cccc(Oc3ccccn3)c2)n1. The van der Waals surface area contributed by atoms with Gasteiger partial charge in [0.25, 0.3) is 0 Å². The fraction of sp³-hybridized carbons (Fsp3) is 0.0625. The van der Waals surface area contributed by atoms with Crippen molar-refractivity contribution in [2.24, 2.45) is 5.10 Å². The first-order valence-electron chi connectivity index (χ1n) is 6.70. The first-order valence-corrected chi connectivity index (χ1v) is 7.58. The molecule has 1 N–H and O–H groups in total. The van der Waals surface area contributed by atoms with Crippen LogP contribution in [0.1, 0.15) is 11.3 Å². The molecule has 0 spiro atoms. The predicted octanol–water partition coefficient (Wildman–Crippen LogP) is 4.08. The molecule has 0 fully saturated rings. The monoisotopic (exact) mass is 310 g/mol. The summed E-state index contributed by atoms with van der Waals surface area (Å²) < 4.78 is 5.68. The van der Waals surface area contributed by atoms with Crippen LogP contribution >= 0.6 is 11.3 Å². The summed E-state index contributed by atoms with van der Waals surface area (Å²) in [4.78, 5) is 8.41. The second-order valence-electron chi connectivity index (χ2n) is 4.51. The molecular weight excluding hydrogens is 296 g/mol. The third kappa shape index (κ3) is 3.89. The Labute approximate surface area is 132 Å². The Morgan fingerprint density at radius 3 is 2.95 bits per heavy atom. The third-order valence-electron chi connectivity index (χ3n) is 2.71. The molecule has 110 valence electrons. The minimum atomic E-state index is 0.563. The molecule has 5 nitrogen and oxygen atoms in total. The van der Waals surface area contributed by atoms with Gasteiger partial charge in [0.1, 0.15) is 5.75 Å². The zero-order valence-electron chi connectivity index (χ0n) is 11.9. The number of rotatable bonds is 5. The highest BCUT2D eigenvalue weighted by molar-refractivity contribution is 7.13. The summed E-state index contributed by atoms with van der Waals surface area (Å²) in [7, 11) is 0. The lowest BCUT2D eigenvalue weighted by atomic mass is 10.2. The van der Waals surface area contributed by atoms with Gasteiger partial charge in [-0.2, -0.15) is 5.10 Å². The number of aromatic nitrogens is 2. The number of ether oxygens (including phenoxy) is 1. The molecule has 2 heterocycles. The highest BCUT2D eigenvalue weighted by atomic mass is 32.1. The van der Waals surface area contributed by atoms with Crippen molar-refractivity contribution in [2.75, 3.05) is 5.43 Å². The smallest absolute Gasteiger partial charge is 0.219 e. The number of benzene rings is 1. The molecule has 6 heteroatoms. The summed E-state index contributed by atoms with van der Waals surface area (Å²) >= 11 is 1.52. The lowest BCUT2D eigenvalue weighted by Gasteiger charge is -2.04. The predicted molar refractivity (Wildman–Crippen MR) is 88.8 cm³/mol. The molecule has 0 bridgehead atoms. The van der Waals surface area contributed by atoms with Crippen LogP contribution < -0.4 is 10.2 Å². The average Bonchev–Trinajstić information content (AvgIpc) is 2.94. The highest BCUT2D eigenvalue weighted by Crippen LogP contribution is 2.19. The van der Waals surface area contributed by atoms with Gasteiger partial charge >= 0.3 is 0 Å². The number of hydrazone groups is 1. The number of pyridine rings is 1. The first-order chi connectivity index (χ1) is 10.8. The van der Waals surface area contributed by atoms with Crippen molar-refractivity contribution in [1.82, 2.24) is 9.97 Å². The molecule has 3 aromatic rings. The van der Waals surface area contributed by atoms with Crippen LogP contribution in [0.25, 0.3) is 0 Å². The van der Waals surface area contributed by atoms with Crippen molar-refractivity contribution in [3.63, 3.8) is 0 Å². The van der Waals surface area contributed by atoms with Gasteiger partial charge in [-0.05, 0) is 30.7 Å². The van der Waals surface area contributed by atoms with Crippen LogP contribution in [0.3, 0.4) is 0 Å². The number of thiazole rings is 1. The summed E-state index contributed by atoms with van der Waals surface area (Å²) in [6.07, 6.45) is 3.42. The maximum Gasteiger partial charge on any atom is 0.219 e. The van der Waals surface area contributed by atoms with Gasteiger partial charge in [0.2, 0.25) is 11.0 Å². The maximum atomic E-state index is 5.68. The molecule has 0 saturated heterocycles. The van der Waals surface area contributed by atoms with Crippen molar-refractivity contribution >= 4 is 22.7 Å². The molecular formula is C16H14N4OS. The molecule has 0 unspecified atom stereocenters. The van der Waals surface area contributed by atoms with Gasteiger partial charge in [0.15, 0.2) is 0 Å².